The van der Waals surface area contributed by atoms with E-state index in [0.717, 1.165) is 25.4 Å². The first-order valence-corrected chi connectivity index (χ1v) is 6.63. The van der Waals surface area contributed by atoms with Crippen LogP contribution in [0.1, 0.15) is 43.1 Å². The second-order valence-corrected chi connectivity index (χ2v) is 4.66. The zero-order valence-electron chi connectivity index (χ0n) is 10.8. The van der Waals surface area contributed by atoms with Crippen molar-refractivity contribution in [3.8, 4) is 0 Å². The number of nitrogens with zero attached hydrogens (tertiary/aromatic N) is 2. The molecule has 1 aromatic rings. The summed E-state index contributed by atoms with van der Waals surface area (Å²) in [5.74, 6) is 1.48. The van der Waals surface area contributed by atoms with E-state index in [4.69, 9.17) is 0 Å². The van der Waals surface area contributed by atoms with Crippen molar-refractivity contribution in [2.75, 3.05) is 18.4 Å². The van der Waals surface area contributed by atoms with Crippen molar-refractivity contribution in [1.82, 2.24) is 15.3 Å². The average molecular weight is 248 g/mol. The van der Waals surface area contributed by atoms with Crippen LogP contribution in [0.15, 0.2) is 12.4 Å². The third kappa shape index (κ3) is 3.98. The van der Waals surface area contributed by atoms with Crippen molar-refractivity contribution >= 4 is 11.7 Å². The molecule has 18 heavy (non-hydrogen) atoms. The number of rotatable bonds is 7. The average Bonchev–Trinajstić information content (AvgIpc) is 3.20. The summed E-state index contributed by atoms with van der Waals surface area (Å²) < 4.78 is 0. The van der Waals surface area contributed by atoms with Gasteiger partial charge in [0.2, 0.25) is 0 Å². The van der Waals surface area contributed by atoms with E-state index in [1.54, 1.807) is 6.20 Å². The summed E-state index contributed by atoms with van der Waals surface area (Å²) in [5, 5.41) is 5.91. The van der Waals surface area contributed by atoms with Gasteiger partial charge in [-0.3, -0.25) is 4.79 Å². The van der Waals surface area contributed by atoms with Crippen LogP contribution in [0.3, 0.4) is 0 Å². The van der Waals surface area contributed by atoms with Gasteiger partial charge in [-0.25, -0.2) is 9.97 Å². The van der Waals surface area contributed by atoms with Crippen LogP contribution < -0.4 is 10.6 Å². The lowest BCUT2D eigenvalue weighted by Gasteiger charge is -2.05. The fourth-order valence-corrected chi connectivity index (χ4v) is 1.81. The molecule has 0 saturated heterocycles. The molecular formula is C13H20N4O. The van der Waals surface area contributed by atoms with Crippen molar-refractivity contribution < 1.29 is 4.79 Å². The molecule has 1 aliphatic rings. The predicted molar refractivity (Wildman–Crippen MR) is 70.5 cm³/mol. The van der Waals surface area contributed by atoms with Gasteiger partial charge in [-0.05, 0) is 25.7 Å². The number of hydrogen-bond donors (Lipinski definition) is 2. The van der Waals surface area contributed by atoms with Gasteiger partial charge >= 0.3 is 0 Å². The molecule has 1 heterocycles. The number of carbonyl (C=O) groups is 1. The van der Waals surface area contributed by atoms with Crippen LogP contribution in [0, 0.1) is 5.92 Å². The Labute approximate surface area is 107 Å². The molecule has 5 heteroatoms. The van der Waals surface area contributed by atoms with Gasteiger partial charge in [-0.2, -0.15) is 0 Å². The highest BCUT2D eigenvalue weighted by molar-refractivity contribution is 5.91. The summed E-state index contributed by atoms with van der Waals surface area (Å²) in [4.78, 5) is 19.9. The van der Waals surface area contributed by atoms with Crippen LogP contribution in [-0.4, -0.2) is 29.0 Å². The maximum absolute atomic E-state index is 11.7. The number of carbonyl (C=O) groups excluding carboxylic acids is 1. The number of nitrogens with one attached hydrogen (secondary N) is 2. The van der Waals surface area contributed by atoms with Crippen LogP contribution in [-0.2, 0) is 0 Å². The van der Waals surface area contributed by atoms with Gasteiger partial charge in [0, 0.05) is 13.1 Å². The topological polar surface area (TPSA) is 66.9 Å². The molecule has 1 aromatic heterocycles. The summed E-state index contributed by atoms with van der Waals surface area (Å²) in [6, 6.07) is 0. The summed E-state index contributed by atoms with van der Waals surface area (Å²) in [5.41, 5.74) is 0.378. The van der Waals surface area contributed by atoms with Crippen molar-refractivity contribution in [3.05, 3.63) is 18.1 Å². The van der Waals surface area contributed by atoms with E-state index in [2.05, 4.69) is 20.6 Å². The fourth-order valence-electron chi connectivity index (χ4n) is 1.81. The molecule has 1 fully saturated rings. The van der Waals surface area contributed by atoms with Gasteiger partial charge in [-0.15, -0.1) is 0 Å². The van der Waals surface area contributed by atoms with E-state index in [0.29, 0.717) is 11.5 Å². The summed E-state index contributed by atoms with van der Waals surface area (Å²) >= 11 is 0. The van der Waals surface area contributed by atoms with Gasteiger partial charge in [-0.1, -0.05) is 12.8 Å². The minimum absolute atomic E-state index is 0.138. The normalized spacial score (nSPS) is 14.3. The number of amides is 1. The Morgan fingerprint density at radius 3 is 2.83 bits per heavy atom. The molecule has 1 amide bonds. The maximum atomic E-state index is 11.7. The van der Waals surface area contributed by atoms with Gasteiger partial charge in [0.1, 0.15) is 11.5 Å². The van der Waals surface area contributed by atoms with Crippen molar-refractivity contribution in [1.29, 1.82) is 0 Å². The molecule has 0 spiro atoms. The summed E-state index contributed by atoms with van der Waals surface area (Å²) in [6.45, 7) is 3.51. The molecule has 98 valence electrons. The molecule has 1 aliphatic carbocycles. The molecule has 0 aliphatic heterocycles. The number of aromatic nitrogens is 2. The molecule has 0 bridgehead atoms. The molecule has 5 nitrogen and oxygen atoms in total. The van der Waals surface area contributed by atoms with E-state index >= 15 is 0 Å². The highest BCUT2D eigenvalue weighted by Crippen LogP contribution is 2.33. The molecule has 0 radical (unpaired) electrons. The summed E-state index contributed by atoms with van der Waals surface area (Å²) in [6.07, 6.45) is 8.11. The smallest absolute Gasteiger partial charge is 0.271 e. The first-order chi connectivity index (χ1) is 8.79. The molecule has 2 N–H and O–H groups in total. The molecule has 0 atom stereocenters. The Morgan fingerprint density at radius 1 is 1.39 bits per heavy atom. The number of hydrogen-bond acceptors (Lipinski definition) is 4. The quantitative estimate of drug-likeness (QED) is 0.722. The van der Waals surface area contributed by atoms with Crippen LogP contribution >= 0.6 is 0 Å². The standard InChI is InChI=1S/C13H20N4O/c1-2-14-12-9-16-11(8-17-12)13(18)15-7-3-4-10-5-6-10/h8-10H,2-7H2,1H3,(H,14,17)(H,15,18). The first-order valence-electron chi connectivity index (χ1n) is 6.63. The lowest BCUT2D eigenvalue weighted by atomic mass is 10.2. The van der Waals surface area contributed by atoms with E-state index in [1.165, 1.54) is 25.5 Å². The van der Waals surface area contributed by atoms with Crippen LogP contribution in [0.5, 0.6) is 0 Å². The van der Waals surface area contributed by atoms with Crippen LogP contribution in [0.4, 0.5) is 5.82 Å². The third-order valence-corrected chi connectivity index (χ3v) is 3.01. The fraction of sp³-hybridized carbons (Fsp3) is 0.615. The second kappa shape index (κ2) is 6.33. The predicted octanol–water partition coefficient (Wildman–Crippen LogP) is 1.83. The zero-order chi connectivity index (χ0) is 12.8. The molecule has 0 unspecified atom stereocenters. The maximum Gasteiger partial charge on any atom is 0.271 e. The lowest BCUT2D eigenvalue weighted by Crippen LogP contribution is -2.25. The Balaban J connectivity index is 1.72. The Morgan fingerprint density at radius 2 is 2.22 bits per heavy atom. The zero-order valence-corrected chi connectivity index (χ0v) is 10.8. The van der Waals surface area contributed by atoms with Crippen LogP contribution in [0.2, 0.25) is 0 Å². The Bertz CT molecular complexity index is 386. The van der Waals surface area contributed by atoms with E-state index in [9.17, 15) is 4.79 Å². The largest absolute Gasteiger partial charge is 0.369 e. The minimum atomic E-state index is -0.138. The molecule has 1 saturated carbocycles. The summed E-state index contributed by atoms with van der Waals surface area (Å²) in [7, 11) is 0. The van der Waals surface area contributed by atoms with Gasteiger partial charge in [0.15, 0.2) is 0 Å². The molecule has 2 rings (SSSR count). The number of anilines is 1. The first kappa shape index (κ1) is 12.8. The highest BCUT2D eigenvalue weighted by atomic mass is 16.1. The minimum Gasteiger partial charge on any atom is -0.369 e. The van der Waals surface area contributed by atoms with Gasteiger partial charge in [0.05, 0.1) is 12.4 Å². The lowest BCUT2D eigenvalue weighted by molar-refractivity contribution is 0.0947. The SMILES string of the molecule is CCNc1cnc(C(=O)NCCCC2CC2)cn1. The monoisotopic (exact) mass is 248 g/mol. The van der Waals surface area contributed by atoms with Crippen LogP contribution in [0.25, 0.3) is 0 Å². The Kier molecular flexibility index (Phi) is 4.50. The van der Waals surface area contributed by atoms with Crippen molar-refractivity contribution in [3.63, 3.8) is 0 Å². The van der Waals surface area contributed by atoms with Gasteiger partial charge < -0.3 is 10.6 Å². The highest BCUT2D eigenvalue weighted by Gasteiger charge is 2.20. The van der Waals surface area contributed by atoms with E-state index in [1.807, 2.05) is 6.92 Å². The van der Waals surface area contributed by atoms with E-state index < -0.39 is 0 Å². The Hall–Kier alpha value is -1.65. The van der Waals surface area contributed by atoms with Crippen molar-refractivity contribution in [2.24, 2.45) is 5.92 Å². The second-order valence-electron chi connectivity index (χ2n) is 4.66. The van der Waals surface area contributed by atoms with Gasteiger partial charge in [0.25, 0.3) is 5.91 Å². The van der Waals surface area contributed by atoms with Crippen molar-refractivity contribution in [2.45, 2.75) is 32.6 Å². The van der Waals surface area contributed by atoms with E-state index in [-0.39, 0.29) is 5.91 Å². The third-order valence-electron chi connectivity index (χ3n) is 3.01. The molecular weight excluding hydrogens is 228 g/mol. The molecule has 0 aromatic carbocycles.